The van der Waals surface area contributed by atoms with Crippen molar-refractivity contribution in [2.75, 3.05) is 36.8 Å². The molecule has 3 N–H and O–H groups in total. The minimum absolute atomic E-state index is 0.429. The van der Waals surface area contributed by atoms with Gasteiger partial charge in [-0.05, 0) is 13.0 Å². The molecule has 2 rings (SSSR count). The van der Waals surface area contributed by atoms with Crippen molar-refractivity contribution in [1.82, 2.24) is 9.88 Å². The third-order valence-corrected chi connectivity index (χ3v) is 3.39. The minimum atomic E-state index is -0.771. The second-order valence-electron chi connectivity index (χ2n) is 4.47. The van der Waals surface area contributed by atoms with Gasteiger partial charge in [-0.3, -0.25) is 14.7 Å². The first-order valence-corrected chi connectivity index (χ1v) is 6.01. The van der Waals surface area contributed by atoms with Crippen LogP contribution in [0.3, 0.4) is 0 Å². The van der Waals surface area contributed by atoms with E-state index in [1.54, 1.807) is 19.3 Å². The van der Waals surface area contributed by atoms with Crippen LogP contribution in [-0.4, -0.2) is 53.2 Å². The predicted molar refractivity (Wildman–Crippen MR) is 69.5 cm³/mol. The molecule has 0 aromatic carbocycles. The van der Waals surface area contributed by atoms with Gasteiger partial charge < -0.3 is 15.7 Å². The van der Waals surface area contributed by atoms with E-state index in [-0.39, 0.29) is 0 Å². The lowest BCUT2D eigenvalue weighted by Crippen LogP contribution is -2.51. The number of piperazine rings is 1. The standard InChI is InChI=1S/C12H18N4O2/c1-9(12(17)18)15-4-6-16(7-5-15)11-2-3-14-8-10(11)13/h2-3,8-9H,4-7,13H2,1H3,(H,17,18). The van der Waals surface area contributed by atoms with Crippen molar-refractivity contribution in [2.24, 2.45) is 0 Å². The first kappa shape index (κ1) is 12.6. The summed E-state index contributed by atoms with van der Waals surface area (Å²) in [7, 11) is 0. The Hall–Kier alpha value is -1.82. The van der Waals surface area contributed by atoms with E-state index in [0.717, 1.165) is 31.9 Å². The van der Waals surface area contributed by atoms with Gasteiger partial charge in [0.1, 0.15) is 6.04 Å². The zero-order valence-corrected chi connectivity index (χ0v) is 10.4. The smallest absolute Gasteiger partial charge is 0.320 e. The molecule has 2 heterocycles. The summed E-state index contributed by atoms with van der Waals surface area (Å²) in [6.45, 7) is 4.75. The molecule has 1 aliphatic rings. The molecule has 0 bridgehead atoms. The van der Waals surface area contributed by atoms with Crippen LogP contribution >= 0.6 is 0 Å². The molecule has 1 aliphatic heterocycles. The molecule has 1 aromatic heterocycles. The van der Waals surface area contributed by atoms with E-state index in [4.69, 9.17) is 10.8 Å². The molecule has 1 aromatic rings. The largest absolute Gasteiger partial charge is 0.480 e. The van der Waals surface area contributed by atoms with Crippen LogP contribution in [0.25, 0.3) is 0 Å². The van der Waals surface area contributed by atoms with Crippen molar-refractivity contribution >= 4 is 17.3 Å². The number of pyridine rings is 1. The highest BCUT2D eigenvalue weighted by Crippen LogP contribution is 2.22. The summed E-state index contributed by atoms with van der Waals surface area (Å²) in [5.74, 6) is -0.771. The Morgan fingerprint density at radius 1 is 1.44 bits per heavy atom. The number of nitrogen functional groups attached to an aromatic ring is 1. The number of anilines is 2. The number of hydrogen-bond acceptors (Lipinski definition) is 5. The van der Waals surface area contributed by atoms with Crippen molar-refractivity contribution in [3.63, 3.8) is 0 Å². The van der Waals surface area contributed by atoms with E-state index in [2.05, 4.69) is 9.88 Å². The van der Waals surface area contributed by atoms with E-state index in [0.29, 0.717) is 5.69 Å². The lowest BCUT2D eigenvalue weighted by Gasteiger charge is -2.38. The zero-order valence-electron chi connectivity index (χ0n) is 10.4. The van der Waals surface area contributed by atoms with E-state index in [9.17, 15) is 4.79 Å². The molecule has 1 fully saturated rings. The maximum Gasteiger partial charge on any atom is 0.320 e. The highest BCUT2D eigenvalue weighted by molar-refractivity contribution is 5.73. The van der Waals surface area contributed by atoms with Crippen LogP contribution in [-0.2, 0) is 4.79 Å². The van der Waals surface area contributed by atoms with E-state index in [1.807, 2.05) is 11.0 Å². The molecule has 0 spiro atoms. The molecule has 1 unspecified atom stereocenters. The lowest BCUT2D eigenvalue weighted by atomic mass is 10.2. The molecule has 1 atom stereocenters. The molecular formula is C12H18N4O2. The summed E-state index contributed by atoms with van der Waals surface area (Å²) in [5.41, 5.74) is 7.53. The van der Waals surface area contributed by atoms with Gasteiger partial charge in [0, 0.05) is 32.4 Å². The fraction of sp³-hybridized carbons (Fsp3) is 0.500. The summed E-state index contributed by atoms with van der Waals surface area (Å²) < 4.78 is 0. The Morgan fingerprint density at radius 3 is 2.67 bits per heavy atom. The number of nitrogens with two attached hydrogens (primary N) is 1. The van der Waals surface area contributed by atoms with Crippen LogP contribution < -0.4 is 10.6 Å². The molecule has 0 amide bonds. The minimum Gasteiger partial charge on any atom is -0.480 e. The van der Waals surface area contributed by atoms with Crippen molar-refractivity contribution in [1.29, 1.82) is 0 Å². The molecule has 98 valence electrons. The van der Waals surface area contributed by atoms with Gasteiger partial charge in [0.2, 0.25) is 0 Å². The molecule has 0 aliphatic carbocycles. The van der Waals surface area contributed by atoms with E-state index in [1.165, 1.54) is 0 Å². The Balaban J connectivity index is 1.99. The average molecular weight is 250 g/mol. The van der Waals surface area contributed by atoms with Gasteiger partial charge in [-0.15, -0.1) is 0 Å². The van der Waals surface area contributed by atoms with Gasteiger partial charge in [-0.1, -0.05) is 0 Å². The third-order valence-electron chi connectivity index (χ3n) is 3.39. The normalized spacial score (nSPS) is 18.6. The molecule has 6 nitrogen and oxygen atoms in total. The fourth-order valence-corrected chi connectivity index (χ4v) is 2.19. The monoisotopic (exact) mass is 250 g/mol. The van der Waals surface area contributed by atoms with Crippen molar-refractivity contribution in [2.45, 2.75) is 13.0 Å². The Bertz CT molecular complexity index is 430. The first-order chi connectivity index (χ1) is 8.59. The topological polar surface area (TPSA) is 82.7 Å². The van der Waals surface area contributed by atoms with Crippen molar-refractivity contribution in [3.05, 3.63) is 18.5 Å². The number of carboxylic acid groups (broad SMARTS) is 1. The lowest BCUT2D eigenvalue weighted by molar-refractivity contribution is -0.142. The number of aliphatic carboxylic acids is 1. The number of rotatable bonds is 3. The summed E-state index contributed by atoms with van der Waals surface area (Å²) in [6, 6.07) is 1.47. The fourth-order valence-electron chi connectivity index (χ4n) is 2.19. The second kappa shape index (κ2) is 5.22. The highest BCUT2D eigenvalue weighted by Gasteiger charge is 2.25. The third kappa shape index (κ3) is 2.53. The Labute approximate surface area is 106 Å². The van der Waals surface area contributed by atoms with Crippen LogP contribution in [0.2, 0.25) is 0 Å². The van der Waals surface area contributed by atoms with Crippen LogP contribution in [0.15, 0.2) is 18.5 Å². The van der Waals surface area contributed by atoms with Gasteiger partial charge in [-0.25, -0.2) is 0 Å². The first-order valence-electron chi connectivity index (χ1n) is 6.01. The Kier molecular flexibility index (Phi) is 3.66. The second-order valence-corrected chi connectivity index (χ2v) is 4.47. The molecular weight excluding hydrogens is 232 g/mol. The van der Waals surface area contributed by atoms with Crippen LogP contribution in [0.4, 0.5) is 11.4 Å². The van der Waals surface area contributed by atoms with Crippen LogP contribution in [0, 0.1) is 0 Å². The van der Waals surface area contributed by atoms with Gasteiger partial charge in [0.25, 0.3) is 0 Å². The van der Waals surface area contributed by atoms with E-state index < -0.39 is 12.0 Å². The van der Waals surface area contributed by atoms with Crippen LogP contribution in [0.1, 0.15) is 6.92 Å². The van der Waals surface area contributed by atoms with Gasteiger partial charge >= 0.3 is 5.97 Å². The van der Waals surface area contributed by atoms with Gasteiger partial charge in [0.05, 0.1) is 17.6 Å². The maximum atomic E-state index is 10.9. The number of carbonyl (C=O) groups is 1. The van der Waals surface area contributed by atoms with Crippen molar-refractivity contribution in [3.8, 4) is 0 Å². The molecule has 0 radical (unpaired) electrons. The molecule has 18 heavy (non-hydrogen) atoms. The number of nitrogens with zero attached hydrogens (tertiary/aromatic N) is 3. The molecule has 1 saturated heterocycles. The predicted octanol–water partition coefficient (Wildman–Crippen LogP) is 0.259. The highest BCUT2D eigenvalue weighted by atomic mass is 16.4. The SMILES string of the molecule is CC(C(=O)O)N1CCN(c2ccncc2N)CC1. The van der Waals surface area contributed by atoms with Crippen molar-refractivity contribution < 1.29 is 9.90 Å². The average Bonchev–Trinajstić information content (AvgIpc) is 2.38. The number of carboxylic acids is 1. The summed E-state index contributed by atoms with van der Waals surface area (Å²) >= 11 is 0. The molecule has 0 saturated carbocycles. The van der Waals surface area contributed by atoms with Gasteiger partial charge in [0.15, 0.2) is 0 Å². The summed E-state index contributed by atoms with van der Waals surface area (Å²) in [6.07, 6.45) is 3.36. The Morgan fingerprint density at radius 2 is 2.11 bits per heavy atom. The zero-order chi connectivity index (χ0) is 13.1. The van der Waals surface area contributed by atoms with Gasteiger partial charge in [-0.2, -0.15) is 0 Å². The maximum absolute atomic E-state index is 10.9. The number of aromatic nitrogens is 1. The number of hydrogen-bond donors (Lipinski definition) is 2. The molecule has 6 heteroatoms. The summed E-state index contributed by atoms with van der Waals surface area (Å²) in [5, 5.41) is 8.98. The quantitative estimate of drug-likeness (QED) is 0.800. The summed E-state index contributed by atoms with van der Waals surface area (Å²) in [4.78, 5) is 19.0. The van der Waals surface area contributed by atoms with Crippen LogP contribution in [0.5, 0.6) is 0 Å². The van der Waals surface area contributed by atoms with E-state index >= 15 is 0 Å².